The minimum Gasteiger partial charge on any atom is -0.497 e. The summed E-state index contributed by atoms with van der Waals surface area (Å²) in [4.78, 5) is 18.6. The van der Waals surface area contributed by atoms with Gasteiger partial charge in [0, 0.05) is 24.5 Å². The van der Waals surface area contributed by atoms with Gasteiger partial charge in [-0.05, 0) is 86.7 Å². The second-order valence-corrected chi connectivity index (χ2v) is 8.85. The molecule has 0 amide bonds. The zero-order valence-corrected chi connectivity index (χ0v) is 19.0. The molecule has 7 nitrogen and oxygen atoms in total. The van der Waals surface area contributed by atoms with Crippen LogP contribution in [0.4, 0.5) is 0 Å². The summed E-state index contributed by atoms with van der Waals surface area (Å²) in [7, 11) is 1.61. The number of ether oxygens (including phenoxy) is 1. The van der Waals surface area contributed by atoms with Crippen LogP contribution in [0.1, 0.15) is 43.1 Å². The first-order chi connectivity index (χ1) is 16.0. The maximum atomic E-state index is 12.0. The number of aliphatic carboxylic acids is 1. The first kappa shape index (κ1) is 23.3. The molecular weight excluding hydrogens is 420 g/mol. The number of benzene rings is 1. The number of hydrogen-bond acceptors (Lipinski definition) is 6. The summed E-state index contributed by atoms with van der Waals surface area (Å²) in [6, 6.07) is 11.3. The number of piperidine rings is 1. The molecule has 3 atom stereocenters. The SMILES string of the molecule is COc1ccc2nccc([C@H](O)CC[C@@H]3CCN(CCCc4ccco4)C[C@@H]3C(=O)O)c2c1. The van der Waals surface area contributed by atoms with Crippen LogP contribution < -0.4 is 4.74 Å². The Morgan fingerprint density at radius 1 is 1.33 bits per heavy atom. The van der Waals surface area contributed by atoms with Crippen molar-refractivity contribution in [2.24, 2.45) is 11.8 Å². The topological polar surface area (TPSA) is 96.0 Å². The highest BCUT2D eigenvalue weighted by Crippen LogP contribution is 2.33. The number of nitrogens with zero attached hydrogens (tertiary/aromatic N) is 2. The molecule has 4 rings (SSSR count). The molecule has 0 unspecified atom stereocenters. The number of carbonyl (C=O) groups is 1. The summed E-state index contributed by atoms with van der Waals surface area (Å²) >= 11 is 0. The van der Waals surface area contributed by atoms with E-state index < -0.39 is 18.0 Å². The molecule has 7 heteroatoms. The number of aliphatic hydroxyl groups is 1. The van der Waals surface area contributed by atoms with Gasteiger partial charge >= 0.3 is 5.97 Å². The van der Waals surface area contributed by atoms with E-state index in [4.69, 9.17) is 9.15 Å². The molecule has 2 N–H and O–H groups in total. The number of aromatic nitrogens is 1. The lowest BCUT2D eigenvalue weighted by molar-refractivity contribution is -0.146. The quantitative estimate of drug-likeness (QED) is 0.473. The van der Waals surface area contributed by atoms with Crippen molar-refractivity contribution in [2.45, 2.75) is 38.2 Å². The molecule has 2 aromatic heterocycles. The van der Waals surface area contributed by atoms with Gasteiger partial charge in [-0.3, -0.25) is 9.78 Å². The fourth-order valence-electron chi connectivity index (χ4n) is 4.92. The van der Waals surface area contributed by atoms with Gasteiger partial charge in [-0.2, -0.15) is 0 Å². The van der Waals surface area contributed by atoms with E-state index in [0.29, 0.717) is 25.1 Å². The normalized spacial score (nSPS) is 20.1. The number of furan rings is 1. The number of fused-ring (bicyclic) bond motifs is 1. The van der Waals surface area contributed by atoms with Crippen molar-refractivity contribution in [3.05, 3.63) is 60.2 Å². The number of pyridine rings is 1. The number of methoxy groups -OCH3 is 1. The fraction of sp³-hybridized carbons (Fsp3) is 0.462. The Morgan fingerprint density at radius 3 is 2.97 bits per heavy atom. The van der Waals surface area contributed by atoms with Crippen LogP contribution in [0.15, 0.2) is 53.3 Å². The molecule has 176 valence electrons. The van der Waals surface area contributed by atoms with Crippen molar-refractivity contribution >= 4 is 16.9 Å². The van der Waals surface area contributed by atoms with E-state index >= 15 is 0 Å². The summed E-state index contributed by atoms with van der Waals surface area (Å²) in [5.74, 6) is 0.582. The summed E-state index contributed by atoms with van der Waals surface area (Å²) in [5, 5.41) is 21.7. The standard InChI is InChI=1S/C26H32N2O5/c1-32-20-7-8-24-22(16-20)21(10-12-27-24)25(29)9-6-18-11-14-28(17-23(18)26(30)31)13-2-4-19-5-3-15-33-19/h3,5,7-8,10,12,15-16,18,23,25,29H,2,4,6,9,11,13-14,17H2,1H3,(H,30,31)/t18-,23+,25-/m1/s1. The number of likely N-dealkylation sites (tertiary alicyclic amines) is 1. The Bertz CT molecular complexity index is 1050. The van der Waals surface area contributed by atoms with Crippen LogP contribution in [0.2, 0.25) is 0 Å². The van der Waals surface area contributed by atoms with Crippen molar-refractivity contribution in [3.8, 4) is 5.75 Å². The van der Waals surface area contributed by atoms with Crippen molar-refractivity contribution in [1.29, 1.82) is 0 Å². The van der Waals surface area contributed by atoms with Gasteiger partial charge in [0.1, 0.15) is 11.5 Å². The van der Waals surface area contributed by atoms with Crippen LogP contribution >= 0.6 is 0 Å². The number of rotatable bonds is 10. The summed E-state index contributed by atoms with van der Waals surface area (Å²) < 4.78 is 10.7. The molecule has 0 bridgehead atoms. The molecule has 0 saturated carbocycles. The molecule has 3 aromatic rings. The molecule has 1 aliphatic heterocycles. The van der Waals surface area contributed by atoms with E-state index in [-0.39, 0.29) is 5.92 Å². The van der Waals surface area contributed by atoms with Gasteiger partial charge in [0.05, 0.1) is 30.9 Å². The maximum absolute atomic E-state index is 12.0. The molecule has 1 saturated heterocycles. The van der Waals surface area contributed by atoms with Crippen LogP contribution in [0.25, 0.3) is 10.9 Å². The van der Waals surface area contributed by atoms with Crippen LogP contribution in [0.5, 0.6) is 5.75 Å². The predicted molar refractivity (Wildman–Crippen MR) is 125 cm³/mol. The first-order valence-corrected chi connectivity index (χ1v) is 11.6. The third-order valence-corrected chi connectivity index (χ3v) is 6.79. The minimum absolute atomic E-state index is 0.0566. The monoisotopic (exact) mass is 452 g/mol. The van der Waals surface area contributed by atoms with Gasteiger partial charge in [-0.1, -0.05) is 0 Å². The van der Waals surface area contributed by atoms with Crippen LogP contribution in [-0.4, -0.2) is 52.8 Å². The van der Waals surface area contributed by atoms with Gasteiger partial charge in [0.15, 0.2) is 0 Å². The van der Waals surface area contributed by atoms with Gasteiger partial charge in [-0.25, -0.2) is 0 Å². The van der Waals surface area contributed by atoms with E-state index in [1.807, 2.05) is 36.4 Å². The second kappa shape index (κ2) is 10.8. The van der Waals surface area contributed by atoms with Gasteiger partial charge in [-0.15, -0.1) is 0 Å². The summed E-state index contributed by atoms with van der Waals surface area (Å²) in [5.41, 5.74) is 1.61. The number of carboxylic acids is 1. The molecule has 33 heavy (non-hydrogen) atoms. The number of aryl methyl sites for hydroxylation is 1. The molecule has 0 radical (unpaired) electrons. The third-order valence-electron chi connectivity index (χ3n) is 6.79. The van der Waals surface area contributed by atoms with Crippen molar-refractivity contribution in [3.63, 3.8) is 0 Å². The molecule has 0 spiro atoms. The molecule has 1 fully saturated rings. The van der Waals surface area contributed by atoms with Crippen molar-refractivity contribution < 1.29 is 24.2 Å². The maximum Gasteiger partial charge on any atom is 0.308 e. The number of carboxylic acid groups (broad SMARTS) is 1. The number of hydrogen-bond donors (Lipinski definition) is 2. The van der Waals surface area contributed by atoms with E-state index in [9.17, 15) is 15.0 Å². The Kier molecular flexibility index (Phi) is 7.62. The van der Waals surface area contributed by atoms with E-state index in [0.717, 1.165) is 54.6 Å². The second-order valence-electron chi connectivity index (χ2n) is 8.85. The van der Waals surface area contributed by atoms with E-state index in [1.54, 1.807) is 19.6 Å². The Morgan fingerprint density at radius 2 is 2.21 bits per heavy atom. The highest BCUT2D eigenvalue weighted by Gasteiger charge is 2.34. The average Bonchev–Trinajstić information content (AvgIpc) is 3.35. The predicted octanol–water partition coefficient (Wildman–Crippen LogP) is 4.31. The van der Waals surface area contributed by atoms with Crippen LogP contribution in [-0.2, 0) is 11.2 Å². The highest BCUT2D eigenvalue weighted by molar-refractivity contribution is 5.83. The Hall–Kier alpha value is -2.90. The third kappa shape index (κ3) is 5.72. The smallest absolute Gasteiger partial charge is 0.308 e. The largest absolute Gasteiger partial charge is 0.497 e. The van der Waals surface area contributed by atoms with Gasteiger partial charge < -0.3 is 24.3 Å². The van der Waals surface area contributed by atoms with Gasteiger partial charge in [0.25, 0.3) is 0 Å². The zero-order valence-electron chi connectivity index (χ0n) is 19.0. The zero-order chi connectivity index (χ0) is 23.2. The highest BCUT2D eigenvalue weighted by atomic mass is 16.5. The average molecular weight is 453 g/mol. The first-order valence-electron chi connectivity index (χ1n) is 11.6. The summed E-state index contributed by atoms with van der Waals surface area (Å²) in [6.07, 6.45) is 6.53. The van der Waals surface area contributed by atoms with Crippen LogP contribution in [0, 0.1) is 11.8 Å². The molecule has 1 aromatic carbocycles. The lowest BCUT2D eigenvalue weighted by Gasteiger charge is -2.37. The molecule has 3 heterocycles. The lowest BCUT2D eigenvalue weighted by atomic mass is 9.81. The lowest BCUT2D eigenvalue weighted by Crippen LogP contribution is -2.44. The fourth-order valence-corrected chi connectivity index (χ4v) is 4.92. The molecule has 1 aliphatic rings. The van der Waals surface area contributed by atoms with Crippen molar-refractivity contribution in [2.75, 3.05) is 26.7 Å². The van der Waals surface area contributed by atoms with Gasteiger partial charge in [0.2, 0.25) is 0 Å². The van der Waals surface area contributed by atoms with Crippen molar-refractivity contribution in [1.82, 2.24) is 9.88 Å². The van der Waals surface area contributed by atoms with Crippen LogP contribution in [0.3, 0.4) is 0 Å². The summed E-state index contributed by atoms with van der Waals surface area (Å²) in [6.45, 7) is 2.31. The molecule has 0 aliphatic carbocycles. The minimum atomic E-state index is -0.746. The van der Waals surface area contributed by atoms with E-state index in [1.165, 1.54) is 0 Å². The Balaban J connectivity index is 1.34. The molecular formula is C26H32N2O5. The van der Waals surface area contributed by atoms with E-state index in [2.05, 4.69) is 9.88 Å². The Labute approximate surface area is 194 Å². The number of aliphatic hydroxyl groups excluding tert-OH is 1.